The third-order valence-corrected chi connectivity index (χ3v) is 6.96. The molecule has 2 aliphatic rings. The molecule has 0 saturated heterocycles. The van der Waals surface area contributed by atoms with Gasteiger partial charge in [0.05, 0.1) is 5.52 Å². The normalized spacial score (nSPS) is 16.9. The lowest BCUT2D eigenvalue weighted by atomic mass is 10.00. The van der Waals surface area contributed by atoms with Crippen LogP contribution in [0.15, 0.2) is 67.0 Å². The Balaban J connectivity index is 1.51. The highest BCUT2D eigenvalue weighted by molar-refractivity contribution is 6.04. The average molecular weight is 423 g/mol. The minimum atomic E-state index is -0.0117. The molecular formula is C27H26N4O. The lowest BCUT2D eigenvalue weighted by Crippen LogP contribution is -2.35. The van der Waals surface area contributed by atoms with Gasteiger partial charge < -0.3 is 15.2 Å². The van der Waals surface area contributed by atoms with E-state index in [1.54, 1.807) is 6.20 Å². The molecule has 6 rings (SSSR count). The number of amides is 1. The molecule has 2 aromatic carbocycles. The Kier molecular flexibility index (Phi) is 4.24. The van der Waals surface area contributed by atoms with E-state index < -0.39 is 0 Å². The van der Waals surface area contributed by atoms with E-state index in [0.29, 0.717) is 0 Å². The molecule has 1 saturated carbocycles. The van der Waals surface area contributed by atoms with Crippen molar-refractivity contribution in [2.75, 3.05) is 13.6 Å². The molecule has 3 heterocycles. The van der Waals surface area contributed by atoms with Crippen molar-refractivity contribution in [1.82, 2.24) is 14.5 Å². The van der Waals surface area contributed by atoms with Crippen LogP contribution in [-0.2, 0) is 12.8 Å². The van der Waals surface area contributed by atoms with Crippen LogP contribution in [0.3, 0.4) is 0 Å². The summed E-state index contributed by atoms with van der Waals surface area (Å²) in [6, 6.07) is 19.0. The maximum Gasteiger partial charge on any atom is 0.270 e. The molecule has 0 radical (unpaired) electrons. The number of nitrogens with two attached hydrogens (primary N) is 1. The lowest BCUT2D eigenvalue weighted by Gasteiger charge is -2.24. The quantitative estimate of drug-likeness (QED) is 0.532. The van der Waals surface area contributed by atoms with Crippen molar-refractivity contribution in [2.24, 2.45) is 5.73 Å². The second-order valence-corrected chi connectivity index (χ2v) is 9.32. The first-order chi connectivity index (χ1) is 15.5. The van der Waals surface area contributed by atoms with Crippen molar-refractivity contribution in [2.45, 2.75) is 31.2 Å². The number of nitrogens with zero attached hydrogens (tertiary/aromatic N) is 3. The van der Waals surface area contributed by atoms with Crippen LogP contribution in [0.1, 0.15) is 34.5 Å². The molecule has 160 valence electrons. The van der Waals surface area contributed by atoms with E-state index in [9.17, 15) is 4.79 Å². The summed E-state index contributed by atoms with van der Waals surface area (Å²) in [5.74, 6) is 0.0772. The maximum absolute atomic E-state index is 13.3. The Morgan fingerprint density at radius 3 is 2.59 bits per heavy atom. The van der Waals surface area contributed by atoms with Gasteiger partial charge >= 0.3 is 0 Å². The molecular weight excluding hydrogens is 396 g/mol. The fourth-order valence-electron chi connectivity index (χ4n) is 4.88. The number of hydrogen-bond acceptors (Lipinski definition) is 3. The molecule has 1 aliphatic heterocycles. The van der Waals surface area contributed by atoms with Crippen molar-refractivity contribution < 1.29 is 4.79 Å². The minimum Gasteiger partial charge on any atom is -0.340 e. The van der Waals surface area contributed by atoms with Gasteiger partial charge in [0, 0.05) is 48.2 Å². The van der Waals surface area contributed by atoms with E-state index in [4.69, 9.17) is 5.73 Å². The van der Waals surface area contributed by atoms with Crippen LogP contribution in [-0.4, -0.2) is 39.5 Å². The molecule has 0 bridgehead atoms. The number of likely N-dealkylation sites (N-methyl/N-ethyl adjacent to an activating group) is 1. The van der Waals surface area contributed by atoms with Crippen LogP contribution < -0.4 is 5.73 Å². The number of carbonyl (C=O) groups excluding carboxylic acids is 1. The minimum absolute atomic E-state index is 0.0117. The van der Waals surface area contributed by atoms with E-state index in [-0.39, 0.29) is 11.4 Å². The number of fused-ring (bicyclic) bond motifs is 3. The predicted octanol–water partition coefficient (Wildman–Crippen LogP) is 4.35. The van der Waals surface area contributed by atoms with E-state index in [1.165, 1.54) is 5.56 Å². The molecule has 0 spiro atoms. The van der Waals surface area contributed by atoms with Gasteiger partial charge in [-0.2, -0.15) is 0 Å². The van der Waals surface area contributed by atoms with Gasteiger partial charge in [0.1, 0.15) is 5.69 Å². The van der Waals surface area contributed by atoms with Gasteiger partial charge in [0.15, 0.2) is 0 Å². The molecule has 4 aromatic rings. The van der Waals surface area contributed by atoms with Crippen LogP contribution in [0.4, 0.5) is 0 Å². The SMILES string of the molecule is CN1CCc2c(n(-c3ccc(CC4(N)CC4)cc3)c3ccc(-c4cccnc4)cc23)C1=O. The van der Waals surface area contributed by atoms with Crippen molar-refractivity contribution in [1.29, 1.82) is 0 Å². The van der Waals surface area contributed by atoms with Gasteiger partial charge in [-0.05, 0) is 72.7 Å². The summed E-state index contributed by atoms with van der Waals surface area (Å²) in [6.45, 7) is 0.736. The molecule has 1 aliphatic carbocycles. The predicted molar refractivity (Wildman–Crippen MR) is 127 cm³/mol. The van der Waals surface area contributed by atoms with Crippen molar-refractivity contribution >= 4 is 16.8 Å². The smallest absolute Gasteiger partial charge is 0.270 e. The summed E-state index contributed by atoms with van der Waals surface area (Å²) in [4.78, 5) is 19.4. The van der Waals surface area contributed by atoms with Gasteiger partial charge in [0.2, 0.25) is 0 Å². The zero-order valence-electron chi connectivity index (χ0n) is 18.2. The number of hydrogen-bond donors (Lipinski definition) is 1. The fourth-order valence-corrected chi connectivity index (χ4v) is 4.88. The Labute approximate surface area is 187 Å². The second-order valence-electron chi connectivity index (χ2n) is 9.32. The second kappa shape index (κ2) is 7.04. The van der Waals surface area contributed by atoms with Crippen LogP contribution >= 0.6 is 0 Å². The largest absolute Gasteiger partial charge is 0.340 e. The molecule has 5 nitrogen and oxygen atoms in total. The van der Waals surface area contributed by atoms with Crippen LogP contribution in [0.25, 0.3) is 27.7 Å². The zero-order chi connectivity index (χ0) is 21.9. The highest BCUT2D eigenvalue weighted by Gasteiger charge is 2.38. The lowest BCUT2D eigenvalue weighted by molar-refractivity contribution is 0.0773. The first-order valence-corrected chi connectivity index (χ1v) is 11.2. The highest BCUT2D eigenvalue weighted by Crippen LogP contribution is 2.37. The van der Waals surface area contributed by atoms with Gasteiger partial charge in [-0.1, -0.05) is 24.3 Å². The van der Waals surface area contributed by atoms with E-state index in [0.717, 1.165) is 71.2 Å². The maximum atomic E-state index is 13.3. The molecule has 1 fully saturated rings. The molecule has 2 aromatic heterocycles. The number of rotatable bonds is 4. The van der Waals surface area contributed by atoms with Crippen LogP contribution in [0.2, 0.25) is 0 Å². The first kappa shape index (κ1) is 19.3. The topological polar surface area (TPSA) is 64.2 Å². The van der Waals surface area contributed by atoms with E-state index in [2.05, 4.69) is 58.1 Å². The summed E-state index contributed by atoms with van der Waals surface area (Å²) >= 11 is 0. The summed E-state index contributed by atoms with van der Waals surface area (Å²) < 4.78 is 2.13. The Morgan fingerprint density at radius 2 is 1.88 bits per heavy atom. The van der Waals surface area contributed by atoms with Crippen LogP contribution in [0, 0.1) is 0 Å². The Hall–Kier alpha value is -3.44. The van der Waals surface area contributed by atoms with Crippen molar-refractivity contribution in [3.8, 4) is 16.8 Å². The van der Waals surface area contributed by atoms with Crippen molar-refractivity contribution in [3.05, 3.63) is 83.8 Å². The Bertz CT molecular complexity index is 1330. The molecule has 2 N–H and O–H groups in total. The monoisotopic (exact) mass is 422 g/mol. The standard InChI is InChI=1S/C27H26N4O/c1-30-14-10-22-23-15-19(20-3-2-13-29-17-20)6-9-24(23)31(25(22)26(30)32)21-7-4-18(5-8-21)16-27(28)11-12-27/h2-9,13,15,17H,10-12,14,16,28H2,1H3. The Morgan fingerprint density at radius 1 is 1.06 bits per heavy atom. The van der Waals surface area contributed by atoms with E-state index >= 15 is 0 Å². The summed E-state index contributed by atoms with van der Waals surface area (Å²) in [6.07, 6.45) is 7.63. The van der Waals surface area contributed by atoms with E-state index in [1.807, 2.05) is 24.2 Å². The molecule has 0 atom stereocenters. The molecule has 5 heteroatoms. The number of pyridine rings is 1. The number of aromatic nitrogens is 2. The van der Waals surface area contributed by atoms with Crippen molar-refractivity contribution in [3.63, 3.8) is 0 Å². The molecule has 1 amide bonds. The summed E-state index contributed by atoms with van der Waals surface area (Å²) in [7, 11) is 1.88. The highest BCUT2D eigenvalue weighted by atomic mass is 16.2. The first-order valence-electron chi connectivity index (χ1n) is 11.2. The molecule has 0 unspecified atom stereocenters. The fraction of sp³-hybridized carbons (Fsp3) is 0.259. The molecule has 32 heavy (non-hydrogen) atoms. The van der Waals surface area contributed by atoms with Gasteiger partial charge in [-0.3, -0.25) is 9.78 Å². The third kappa shape index (κ3) is 3.12. The third-order valence-electron chi connectivity index (χ3n) is 6.96. The number of benzene rings is 2. The summed E-state index contributed by atoms with van der Waals surface area (Å²) in [5.41, 5.74) is 13.7. The van der Waals surface area contributed by atoms with Gasteiger partial charge in [0.25, 0.3) is 5.91 Å². The van der Waals surface area contributed by atoms with Gasteiger partial charge in [-0.15, -0.1) is 0 Å². The zero-order valence-corrected chi connectivity index (χ0v) is 18.2. The summed E-state index contributed by atoms with van der Waals surface area (Å²) in [5, 5.41) is 1.14. The van der Waals surface area contributed by atoms with Crippen LogP contribution in [0.5, 0.6) is 0 Å². The number of carbonyl (C=O) groups is 1. The van der Waals surface area contributed by atoms with Gasteiger partial charge in [-0.25, -0.2) is 0 Å². The average Bonchev–Trinajstić information content (AvgIpc) is 3.45.